The number of fused-ring (bicyclic) bond motifs is 2. The predicted molar refractivity (Wildman–Crippen MR) is 72.9 cm³/mol. The van der Waals surface area contributed by atoms with Gasteiger partial charge in [0.15, 0.2) is 0 Å². The van der Waals surface area contributed by atoms with Crippen LogP contribution in [-0.4, -0.2) is 21.9 Å². The molecule has 4 atom stereocenters. The molecule has 0 aliphatic heterocycles. The van der Waals surface area contributed by atoms with E-state index in [2.05, 4.69) is 27.4 Å². The Bertz CT molecular complexity index is 563. The second-order valence-corrected chi connectivity index (χ2v) is 5.63. The number of primary amides is 1. The number of halogens is 2. The van der Waals surface area contributed by atoms with Gasteiger partial charge in [0.25, 0.3) is 0 Å². The zero-order valence-electron chi connectivity index (χ0n) is 9.88. The minimum atomic E-state index is -0.300. The lowest BCUT2D eigenvalue weighted by Gasteiger charge is -2.27. The average molecular weight is 299 g/mol. The van der Waals surface area contributed by atoms with Crippen molar-refractivity contribution in [1.29, 1.82) is 0 Å². The lowest BCUT2D eigenvalue weighted by molar-refractivity contribution is -0.122. The van der Waals surface area contributed by atoms with Crippen LogP contribution >= 0.6 is 23.2 Å². The van der Waals surface area contributed by atoms with Crippen LogP contribution in [0, 0.1) is 17.8 Å². The molecule has 0 spiro atoms. The summed E-state index contributed by atoms with van der Waals surface area (Å²) in [6.07, 6.45) is 6.54. The van der Waals surface area contributed by atoms with E-state index in [4.69, 9.17) is 28.9 Å². The van der Waals surface area contributed by atoms with Crippen molar-refractivity contribution >= 4 is 34.9 Å². The summed E-state index contributed by atoms with van der Waals surface area (Å²) in [7, 11) is 0. The molecule has 0 radical (unpaired) electrons. The van der Waals surface area contributed by atoms with Crippen molar-refractivity contribution in [3.63, 3.8) is 0 Å². The molecule has 7 heteroatoms. The summed E-state index contributed by atoms with van der Waals surface area (Å²) in [5.74, 6) is 0.382. The number of rotatable bonds is 3. The number of amides is 1. The highest BCUT2D eigenvalue weighted by atomic mass is 35.5. The molecule has 19 heavy (non-hydrogen) atoms. The molecule has 100 valence electrons. The van der Waals surface area contributed by atoms with Gasteiger partial charge in [-0.1, -0.05) is 23.8 Å². The van der Waals surface area contributed by atoms with Crippen molar-refractivity contribution in [3.05, 3.63) is 28.7 Å². The number of hydrogen-bond donors (Lipinski definition) is 2. The summed E-state index contributed by atoms with van der Waals surface area (Å²) in [6, 6.07) is -0.0871. The van der Waals surface area contributed by atoms with Gasteiger partial charge < -0.3 is 11.1 Å². The number of nitrogens with two attached hydrogens (primary N) is 1. The van der Waals surface area contributed by atoms with Crippen molar-refractivity contribution in [3.8, 4) is 0 Å². The molecule has 3 rings (SSSR count). The Labute approximate surface area is 120 Å². The molecule has 1 aromatic rings. The predicted octanol–water partition coefficient (Wildman–Crippen LogP) is 1.87. The zero-order valence-corrected chi connectivity index (χ0v) is 11.4. The Balaban J connectivity index is 1.88. The Morgan fingerprint density at radius 1 is 1.37 bits per heavy atom. The number of nitrogens with zero attached hydrogens (tertiary/aromatic N) is 2. The van der Waals surface area contributed by atoms with Crippen LogP contribution in [0.15, 0.2) is 18.3 Å². The Morgan fingerprint density at radius 3 is 2.84 bits per heavy atom. The summed E-state index contributed by atoms with van der Waals surface area (Å²) in [4.78, 5) is 19.4. The Morgan fingerprint density at radius 2 is 2.11 bits per heavy atom. The van der Waals surface area contributed by atoms with Gasteiger partial charge >= 0.3 is 0 Å². The topological polar surface area (TPSA) is 80.9 Å². The molecule has 2 aliphatic rings. The lowest BCUT2D eigenvalue weighted by atomic mass is 9.88. The van der Waals surface area contributed by atoms with Gasteiger partial charge in [-0.3, -0.25) is 4.79 Å². The number of carbonyl (C=O) groups excluding carboxylic acids is 1. The summed E-state index contributed by atoms with van der Waals surface area (Å²) >= 11 is 11.8. The number of carbonyl (C=O) groups is 1. The van der Waals surface area contributed by atoms with Crippen LogP contribution in [0.5, 0.6) is 0 Å². The third kappa shape index (κ3) is 2.17. The second-order valence-electron chi connectivity index (χ2n) is 4.88. The fourth-order valence-corrected chi connectivity index (χ4v) is 3.29. The minimum absolute atomic E-state index is 0.0871. The fraction of sp³-hybridized carbons (Fsp3) is 0.417. The lowest BCUT2D eigenvalue weighted by Crippen LogP contribution is -2.41. The van der Waals surface area contributed by atoms with Crippen LogP contribution < -0.4 is 11.1 Å². The van der Waals surface area contributed by atoms with Gasteiger partial charge in [0.1, 0.15) is 10.8 Å². The summed E-state index contributed by atoms with van der Waals surface area (Å²) < 4.78 is 0. The van der Waals surface area contributed by atoms with E-state index in [-0.39, 0.29) is 35.0 Å². The van der Waals surface area contributed by atoms with Gasteiger partial charge in [0.2, 0.25) is 11.2 Å². The van der Waals surface area contributed by atoms with Crippen LogP contribution in [-0.2, 0) is 4.79 Å². The summed E-state index contributed by atoms with van der Waals surface area (Å²) in [5.41, 5.74) is 5.49. The molecule has 0 aromatic carbocycles. The first-order chi connectivity index (χ1) is 9.06. The van der Waals surface area contributed by atoms with Crippen LogP contribution in [0.25, 0.3) is 0 Å². The minimum Gasteiger partial charge on any atom is -0.369 e. The highest BCUT2D eigenvalue weighted by Gasteiger charge is 2.47. The summed E-state index contributed by atoms with van der Waals surface area (Å²) in [5, 5.41) is 3.68. The quantitative estimate of drug-likeness (QED) is 0.659. The monoisotopic (exact) mass is 298 g/mol. The van der Waals surface area contributed by atoms with Crippen LogP contribution in [0.3, 0.4) is 0 Å². The van der Waals surface area contributed by atoms with Gasteiger partial charge in [-0.05, 0) is 29.9 Å². The second kappa shape index (κ2) is 4.65. The van der Waals surface area contributed by atoms with Gasteiger partial charge in [-0.15, -0.1) is 0 Å². The first-order valence-electron chi connectivity index (χ1n) is 5.98. The maximum absolute atomic E-state index is 11.6. The third-order valence-electron chi connectivity index (χ3n) is 3.81. The largest absolute Gasteiger partial charge is 0.369 e. The normalized spacial score (nSPS) is 31.7. The molecule has 5 nitrogen and oxygen atoms in total. The molecule has 0 unspecified atom stereocenters. The number of nitrogens with one attached hydrogen (secondary N) is 1. The molecule has 1 saturated carbocycles. The van der Waals surface area contributed by atoms with Crippen molar-refractivity contribution in [2.45, 2.75) is 12.5 Å². The molecule has 0 saturated heterocycles. The van der Waals surface area contributed by atoms with E-state index in [9.17, 15) is 4.79 Å². The average Bonchev–Trinajstić information content (AvgIpc) is 2.94. The van der Waals surface area contributed by atoms with E-state index in [1.165, 1.54) is 6.20 Å². The molecule has 1 aromatic heterocycles. The SMILES string of the molecule is NC(=O)[C@H]1[C@@H](Nc2nc(Cl)ncc2Cl)[C@@H]2C=C[C@H]1C2. The van der Waals surface area contributed by atoms with Crippen molar-refractivity contribution in [2.75, 3.05) is 5.32 Å². The fourth-order valence-electron chi connectivity index (χ4n) is 3.01. The van der Waals surface area contributed by atoms with E-state index in [1.807, 2.05) is 0 Å². The molecule has 1 heterocycles. The highest BCUT2D eigenvalue weighted by molar-refractivity contribution is 6.33. The van der Waals surface area contributed by atoms with E-state index in [0.29, 0.717) is 10.8 Å². The van der Waals surface area contributed by atoms with Gasteiger partial charge in [0.05, 0.1) is 12.1 Å². The molecule has 1 fully saturated rings. The maximum Gasteiger partial charge on any atom is 0.224 e. The van der Waals surface area contributed by atoms with E-state index < -0.39 is 0 Å². The molecule has 2 aliphatic carbocycles. The standard InChI is InChI=1S/C12H12Cl2N4O/c13-7-4-16-12(14)18-11(7)17-9-6-2-1-5(3-6)8(9)10(15)19/h1-2,4-6,8-9H,3H2,(H2,15,19)(H,16,17,18)/t5-,6+,8+,9-/m0/s1. The van der Waals surface area contributed by atoms with Gasteiger partial charge in [0, 0.05) is 6.04 Å². The number of allylic oxidation sites excluding steroid dienone is 1. The first kappa shape index (κ1) is 12.7. The number of aromatic nitrogens is 2. The van der Waals surface area contributed by atoms with Crippen LogP contribution in [0.1, 0.15) is 6.42 Å². The van der Waals surface area contributed by atoms with E-state index >= 15 is 0 Å². The maximum atomic E-state index is 11.6. The van der Waals surface area contributed by atoms with Gasteiger partial charge in [-0.2, -0.15) is 4.98 Å². The van der Waals surface area contributed by atoms with Crippen molar-refractivity contribution in [2.24, 2.45) is 23.5 Å². The first-order valence-corrected chi connectivity index (χ1v) is 6.74. The van der Waals surface area contributed by atoms with Crippen LogP contribution in [0.2, 0.25) is 10.3 Å². The molecule has 3 N–H and O–H groups in total. The summed E-state index contributed by atoms with van der Waals surface area (Å²) in [6.45, 7) is 0. The molecular weight excluding hydrogens is 287 g/mol. The molecule has 2 bridgehead atoms. The third-order valence-corrected chi connectivity index (χ3v) is 4.26. The molecular formula is C12H12Cl2N4O. The molecule has 1 amide bonds. The van der Waals surface area contributed by atoms with Gasteiger partial charge in [-0.25, -0.2) is 4.98 Å². The van der Waals surface area contributed by atoms with E-state index in [1.54, 1.807) is 0 Å². The highest BCUT2D eigenvalue weighted by Crippen LogP contribution is 2.45. The van der Waals surface area contributed by atoms with Crippen LogP contribution in [0.4, 0.5) is 5.82 Å². The van der Waals surface area contributed by atoms with Crippen molar-refractivity contribution in [1.82, 2.24) is 9.97 Å². The Kier molecular flexibility index (Phi) is 3.11. The van der Waals surface area contributed by atoms with E-state index in [0.717, 1.165) is 6.42 Å². The smallest absolute Gasteiger partial charge is 0.224 e. The Hall–Kier alpha value is -1.33. The number of hydrogen-bond acceptors (Lipinski definition) is 4. The number of anilines is 1. The zero-order chi connectivity index (χ0) is 13.6. The van der Waals surface area contributed by atoms with Crippen molar-refractivity contribution < 1.29 is 4.79 Å².